The quantitative estimate of drug-likeness (QED) is 0.357. The summed E-state index contributed by atoms with van der Waals surface area (Å²) in [5, 5.41) is 12.9. The van der Waals surface area contributed by atoms with E-state index in [1.807, 2.05) is 98.0 Å². The molecule has 2 heterocycles. The predicted octanol–water partition coefficient (Wildman–Crippen LogP) is 4.62. The van der Waals surface area contributed by atoms with E-state index >= 15 is 0 Å². The lowest BCUT2D eigenvalue weighted by molar-refractivity contribution is -0.119. The number of nitrogens with one attached hydrogen (secondary N) is 1. The highest BCUT2D eigenvalue weighted by Crippen LogP contribution is 2.25. The minimum Gasteiger partial charge on any atom is -0.349 e. The van der Waals surface area contributed by atoms with E-state index in [1.165, 1.54) is 11.8 Å². The Bertz CT molecular complexity index is 1590. The van der Waals surface area contributed by atoms with E-state index in [9.17, 15) is 9.59 Å². The van der Waals surface area contributed by atoms with E-state index in [2.05, 4.69) is 15.5 Å². The number of thioether (sulfide) groups is 1. The van der Waals surface area contributed by atoms with Crippen LogP contribution in [0, 0.1) is 13.8 Å². The van der Waals surface area contributed by atoms with E-state index in [1.54, 1.807) is 4.57 Å². The number of para-hydroxylation sites is 2. The lowest BCUT2D eigenvalue weighted by Crippen LogP contribution is -2.28. The van der Waals surface area contributed by atoms with Crippen LogP contribution in [0.1, 0.15) is 29.7 Å². The predicted molar refractivity (Wildman–Crippen MR) is 139 cm³/mol. The first-order chi connectivity index (χ1) is 17.0. The van der Waals surface area contributed by atoms with Crippen LogP contribution in [0.2, 0.25) is 0 Å². The van der Waals surface area contributed by atoms with Crippen molar-refractivity contribution >= 4 is 34.3 Å². The van der Waals surface area contributed by atoms with Crippen molar-refractivity contribution in [3.63, 3.8) is 0 Å². The molecule has 0 aliphatic carbocycles. The molecule has 0 saturated heterocycles. The number of rotatable bonds is 6. The van der Waals surface area contributed by atoms with Gasteiger partial charge in [-0.2, -0.15) is 0 Å². The highest BCUT2D eigenvalue weighted by Gasteiger charge is 2.20. The Balaban J connectivity index is 1.54. The van der Waals surface area contributed by atoms with E-state index in [4.69, 9.17) is 0 Å². The third-order valence-electron chi connectivity index (χ3n) is 6.07. The van der Waals surface area contributed by atoms with Gasteiger partial charge in [0.05, 0.1) is 28.4 Å². The van der Waals surface area contributed by atoms with Crippen LogP contribution in [0.3, 0.4) is 0 Å². The molecule has 5 rings (SSSR count). The number of amides is 1. The molecule has 0 aliphatic heterocycles. The zero-order valence-corrected chi connectivity index (χ0v) is 20.5. The number of aryl methyl sites for hydroxylation is 2. The van der Waals surface area contributed by atoms with Gasteiger partial charge in [-0.3, -0.25) is 14.0 Å². The van der Waals surface area contributed by atoms with Gasteiger partial charge in [-0.1, -0.05) is 72.4 Å². The molecule has 5 aromatic rings. The van der Waals surface area contributed by atoms with Crippen molar-refractivity contribution in [2.24, 2.45) is 0 Å². The lowest BCUT2D eigenvalue weighted by atomic mass is 10.1. The average molecular weight is 484 g/mol. The fourth-order valence-electron chi connectivity index (χ4n) is 4.37. The SMILES string of the molecule is Cc1cccc(C)c1-n1c(=O)c2ccccc2n2c(SCC(=O)NC(C)c3ccccc3)nnc12. The monoisotopic (exact) mass is 483 g/mol. The Morgan fingerprint density at radius 2 is 1.63 bits per heavy atom. The van der Waals surface area contributed by atoms with Crippen molar-refractivity contribution < 1.29 is 4.79 Å². The first-order valence-corrected chi connectivity index (χ1v) is 12.4. The zero-order chi connectivity index (χ0) is 24.5. The van der Waals surface area contributed by atoms with Crippen LogP contribution in [0.5, 0.6) is 0 Å². The van der Waals surface area contributed by atoms with Crippen LogP contribution >= 0.6 is 11.8 Å². The molecule has 7 nitrogen and oxygen atoms in total. The van der Waals surface area contributed by atoms with Gasteiger partial charge >= 0.3 is 0 Å². The van der Waals surface area contributed by atoms with Gasteiger partial charge < -0.3 is 5.32 Å². The van der Waals surface area contributed by atoms with Gasteiger partial charge in [0, 0.05) is 0 Å². The smallest absolute Gasteiger partial charge is 0.267 e. The van der Waals surface area contributed by atoms with Crippen LogP contribution in [0.15, 0.2) is 82.7 Å². The van der Waals surface area contributed by atoms with E-state index in [-0.39, 0.29) is 23.3 Å². The van der Waals surface area contributed by atoms with E-state index in [0.29, 0.717) is 21.8 Å². The number of carbonyl (C=O) groups excluding carboxylic acids is 1. The largest absolute Gasteiger partial charge is 0.349 e. The van der Waals surface area contributed by atoms with E-state index < -0.39 is 0 Å². The third-order valence-corrected chi connectivity index (χ3v) is 7.00. The molecule has 0 fully saturated rings. The standard InChI is InChI=1S/C27H25N5O2S/c1-17-10-9-11-18(2)24(17)32-25(34)21-14-7-8-15-22(21)31-26(32)29-30-27(31)35-16-23(33)28-19(3)20-12-5-4-6-13-20/h4-15,19H,16H2,1-3H3,(H,28,33). The van der Waals surface area contributed by atoms with Crippen molar-refractivity contribution in [2.75, 3.05) is 5.75 Å². The zero-order valence-electron chi connectivity index (χ0n) is 19.7. The second kappa shape index (κ2) is 9.38. The summed E-state index contributed by atoms with van der Waals surface area (Å²) >= 11 is 1.30. The maximum Gasteiger partial charge on any atom is 0.267 e. The van der Waals surface area contributed by atoms with Gasteiger partial charge in [0.1, 0.15) is 0 Å². The molecule has 176 valence electrons. The summed E-state index contributed by atoms with van der Waals surface area (Å²) in [6.45, 7) is 5.91. The minimum atomic E-state index is -0.149. The molecule has 0 radical (unpaired) electrons. The van der Waals surface area contributed by atoms with Crippen LogP contribution in [-0.2, 0) is 4.79 Å². The number of nitrogens with zero attached hydrogens (tertiary/aromatic N) is 4. The summed E-state index contributed by atoms with van der Waals surface area (Å²) in [7, 11) is 0. The van der Waals surface area contributed by atoms with Gasteiger partial charge in [0.2, 0.25) is 11.7 Å². The highest BCUT2D eigenvalue weighted by molar-refractivity contribution is 7.99. The summed E-state index contributed by atoms with van der Waals surface area (Å²) in [6, 6.07) is 23.1. The Labute approximate surface area is 206 Å². The molecule has 1 N–H and O–H groups in total. The minimum absolute atomic E-state index is 0.101. The molecule has 35 heavy (non-hydrogen) atoms. The molecule has 0 aliphatic rings. The lowest BCUT2D eigenvalue weighted by Gasteiger charge is -2.15. The number of benzene rings is 3. The summed E-state index contributed by atoms with van der Waals surface area (Å²) < 4.78 is 3.49. The Kier molecular flexibility index (Phi) is 6.13. The van der Waals surface area contributed by atoms with Crippen LogP contribution in [0.4, 0.5) is 0 Å². The third kappa shape index (κ3) is 4.21. The molecule has 8 heteroatoms. The molecular formula is C27H25N5O2S. The normalized spacial score (nSPS) is 12.2. The molecule has 0 bridgehead atoms. The number of hydrogen-bond donors (Lipinski definition) is 1. The molecule has 2 aromatic heterocycles. The van der Waals surface area contributed by atoms with Crippen LogP contribution in [-0.4, -0.2) is 30.8 Å². The average Bonchev–Trinajstić information content (AvgIpc) is 3.29. The van der Waals surface area contributed by atoms with Crippen molar-refractivity contribution in [3.8, 4) is 5.69 Å². The second-order valence-electron chi connectivity index (χ2n) is 8.50. The van der Waals surface area contributed by atoms with Gasteiger partial charge in [-0.15, -0.1) is 10.2 Å². The summed E-state index contributed by atoms with van der Waals surface area (Å²) in [5.41, 5.74) is 4.34. The summed E-state index contributed by atoms with van der Waals surface area (Å²) in [6.07, 6.45) is 0. The number of aromatic nitrogens is 4. The topological polar surface area (TPSA) is 81.3 Å². The van der Waals surface area contributed by atoms with Gasteiger partial charge in [0.25, 0.3) is 5.56 Å². The first kappa shape index (κ1) is 22.9. The first-order valence-electron chi connectivity index (χ1n) is 11.4. The fourth-order valence-corrected chi connectivity index (χ4v) is 5.12. The van der Waals surface area contributed by atoms with E-state index in [0.717, 1.165) is 22.4 Å². The van der Waals surface area contributed by atoms with Gasteiger partial charge in [0.15, 0.2) is 5.16 Å². The molecule has 1 unspecified atom stereocenters. The van der Waals surface area contributed by atoms with Crippen LogP contribution in [0.25, 0.3) is 22.4 Å². The molecule has 0 saturated carbocycles. The van der Waals surface area contributed by atoms with Crippen molar-refractivity contribution in [2.45, 2.75) is 32.0 Å². The Morgan fingerprint density at radius 1 is 0.943 bits per heavy atom. The molecule has 0 spiro atoms. The summed E-state index contributed by atoms with van der Waals surface area (Å²) in [4.78, 5) is 26.3. The molecule has 3 aromatic carbocycles. The van der Waals surface area contributed by atoms with Crippen molar-refractivity contribution in [1.29, 1.82) is 0 Å². The second-order valence-corrected chi connectivity index (χ2v) is 9.45. The Morgan fingerprint density at radius 3 is 2.37 bits per heavy atom. The maximum atomic E-state index is 13.6. The molecular weight excluding hydrogens is 458 g/mol. The van der Waals surface area contributed by atoms with Gasteiger partial charge in [-0.05, 0) is 49.6 Å². The number of fused-ring (bicyclic) bond motifs is 3. The fraction of sp³-hybridized carbons (Fsp3) is 0.185. The van der Waals surface area contributed by atoms with Crippen LogP contribution < -0.4 is 10.9 Å². The molecule has 1 atom stereocenters. The van der Waals surface area contributed by atoms with Crippen molar-refractivity contribution in [1.82, 2.24) is 24.5 Å². The number of carbonyl (C=O) groups is 1. The summed E-state index contributed by atoms with van der Waals surface area (Å²) in [5.74, 6) is 0.497. The number of hydrogen-bond acceptors (Lipinski definition) is 5. The van der Waals surface area contributed by atoms with Gasteiger partial charge in [-0.25, -0.2) is 4.57 Å². The maximum absolute atomic E-state index is 13.6. The highest BCUT2D eigenvalue weighted by atomic mass is 32.2. The Hall–Kier alpha value is -3.91. The van der Waals surface area contributed by atoms with Crippen molar-refractivity contribution in [3.05, 3.63) is 99.8 Å². The molecule has 1 amide bonds.